The van der Waals surface area contributed by atoms with Crippen LogP contribution in [0.25, 0.3) is 22.3 Å². The second-order valence-electron chi connectivity index (χ2n) is 8.47. The lowest BCUT2D eigenvalue weighted by molar-refractivity contribution is 0.0692. The molecule has 5 nitrogen and oxygen atoms in total. The van der Waals surface area contributed by atoms with Crippen LogP contribution in [0.5, 0.6) is 0 Å². The van der Waals surface area contributed by atoms with Crippen LogP contribution in [-0.4, -0.2) is 38.7 Å². The van der Waals surface area contributed by atoms with Gasteiger partial charge in [0, 0.05) is 25.7 Å². The summed E-state index contributed by atoms with van der Waals surface area (Å²) in [5.74, 6) is 0.175. The maximum absolute atomic E-state index is 14.5. The maximum atomic E-state index is 14.5. The minimum absolute atomic E-state index is 0.0406. The second-order valence-corrected chi connectivity index (χ2v) is 8.47. The number of pyridine rings is 1. The van der Waals surface area contributed by atoms with Crippen molar-refractivity contribution < 1.29 is 9.18 Å². The summed E-state index contributed by atoms with van der Waals surface area (Å²) in [5.41, 5.74) is 3.28. The van der Waals surface area contributed by atoms with Crippen molar-refractivity contribution in [3.8, 4) is 11.3 Å². The van der Waals surface area contributed by atoms with E-state index >= 15 is 0 Å². The summed E-state index contributed by atoms with van der Waals surface area (Å²) in [5, 5.41) is 4.99. The van der Waals surface area contributed by atoms with Gasteiger partial charge in [-0.2, -0.15) is 5.10 Å². The molecule has 1 aliphatic rings. The van der Waals surface area contributed by atoms with Crippen LogP contribution in [0.2, 0.25) is 0 Å². The number of fused-ring (bicyclic) bond motifs is 1. The van der Waals surface area contributed by atoms with Gasteiger partial charge in [0.2, 0.25) is 0 Å². The van der Waals surface area contributed by atoms with Crippen molar-refractivity contribution in [2.45, 2.75) is 19.3 Å². The quantitative estimate of drug-likeness (QED) is 0.466. The molecular weight excluding hydrogens is 403 g/mol. The van der Waals surface area contributed by atoms with Crippen molar-refractivity contribution in [3.05, 3.63) is 83.8 Å². The molecule has 4 aromatic rings. The highest BCUT2D eigenvalue weighted by atomic mass is 19.1. The van der Waals surface area contributed by atoms with Crippen LogP contribution in [0.15, 0.2) is 66.9 Å². The molecule has 1 fully saturated rings. The number of carbonyl (C=O) groups is 1. The van der Waals surface area contributed by atoms with Gasteiger partial charge in [-0.25, -0.2) is 9.37 Å². The Morgan fingerprint density at radius 2 is 1.78 bits per heavy atom. The first kappa shape index (κ1) is 20.4. The number of nitrogens with zero attached hydrogens (tertiary/aromatic N) is 4. The van der Waals surface area contributed by atoms with Gasteiger partial charge in [0.25, 0.3) is 5.91 Å². The lowest BCUT2D eigenvalue weighted by Gasteiger charge is -2.32. The normalized spacial score (nSPS) is 14.8. The predicted molar refractivity (Wildman–Crippen MR) is 123 cm³/mol. The molecule has 0 unspecified atom stereocenters. The van der Waals surface area contributed by atoms with E-state index < -0.39 is 0 Å². The van der Waals surface area contributed by atoms with Crippen LogP contribution in [0, 0.1) is 11.7 Å². The van der Waals surface area contributed by atoms with E-state index in [1.807, 2.05) is 11.0 Å². The number of carbonyl (C=O) groups excluding carboxylic acids is 1. The van der Waals surface area contributed by atoms with Crippen molar-refractivity contribution in [1.82, 2.24) is 19.7 Å². The predicted octanol–water partition coefficient (Wildman–Crippen LogP) is 4.87. The zero-order valence-electron chi connectivity index (χ0n) is 18.0. The van der Waals surface area contributed by atoms with Gasteiger partial charge in [0.15, 0.2) is 5.65 Å². The summed E-state index contributed by atoms with van der Waals surface area (Å²) in [7, 11) is 1.78. The smallest absolute Gasteiger partial charge is 0.254 e. The van der Waals surface area contributed by atoms with Crippen molar-refractivity contribution in [3.63, 3.8) is 0 Å². The molecule has 0 radical (unpaired) electrons. The first-order valence-corrected chi connectivity index (χ1v) is 11.0. The van der Waals surface area contributed by atoms with E-state index in [1.165, 1.54) is 11.6 Å². The lowest BCUT2D eigenvalue weighted by atomic mass is 9.90. The molecule has 1 saturated heterocycles. The highest BCUT2D eigenvalue weighted by Crippen LogP contribution is 2.29. The van der Waals surface area contributed by atoms with E-state index in [0.717, 1.165) is 32.4 Å². The molecule has 3 heterocycles. The average Bonchev–Trinajstić information content (AvgIpc) is 3.20. The van der Waals surface area contributed by atoms with Gasteiger partial charge in [-0.15, -0.1) is 0 Å². The molecule has 1 amide bonds. The molecule has 0 atom stereocenters. The van der Waals surface area contributed by atoms with Crippen LogP contribution in [0.4, 0.5) is 4.39 Å². The molecule has 0 bridgehead atoms. The molecule has 0 N–H and O–H groups in total. The third-order valence-corrected chi connectivity index (χ3v) is 6.35. The average molecular weight is 429 g/mol. The van der Waals surface area contributed by atoms with Crippen LogP contribution >= 0.6 is 0 Å². The Balaban J connectivity index is 1.41. The fraction of sp³-hybridized carbons (Fsp3) is 0.269. The van der Waals surface area contributed by atoms with Gasteiger partial charge in [-0.3, -0.25) is 9.48 Å². The Bertz CT molecular complexity index is 1260. The van der Waals surface area contributed by atoms with Crippen LogP contribution in [0.1, 0.15) is 28.8 Å². The fourth-order valence-electron chi connectivity index (χ4n) is 4.56. The molecule has 2 aromatic heterocycles. The van der Waals surface area contributed by atoms with E-state index in [0.29, 0.717) is 33.8 Å². The Morgan fingerprint density at radius 1 is 1.06 bits per heavy atom. The van der Waals surface area contributed by atoms with Gasteiger partial charge in [0.1, 0.15) is 5.82 Å². The molecule has 32 heavy (non-hydrogen) atoms. The number of rotatable bonds is 4. The zero-order chi connectivity index (χ0) is 22.1. The molecule has 2 aromatic carbocycles. The number of aromatic nitrogens is 3. The summed E-state index contributed by atoms with van der Waals surface area (Å²) in [6.45, 7) is 1.44. The molecule has 162 valence electrons. The molecular formula is C26H25FN4O. The Labute approximate surface area is 186 Å². The third kappa shape index (κ3) is 3.88. The number of benzene rings is 2. The van der Waals surface area contributed by atoms with Gasteiger partial charge < -0.3 is 4.90 Å². The number of aryl methyl sites for hydroxylation is 1. The SMILES string of the molecule is Cn1ncc2c(C(=O)N3CCC(Cc4ccccc4)CC3)cc(-c3ccccc3F)nc21. The monoisotopic (exact) mass is 428 g/mol. The molecule has 0 aliphatic carbocycles. The van der Waals surface area contributed by atoms with Crippen molar-refractivity contribution in [1.29, 1.82) is 0 Å². The number of piperidine rings is 1. The summed E-state index contributed by atoms with van der Waals surface area (Å²) in [6, 6.07) is 18.7. The van der Waals surface area contributed by atoms with Crippen LogP contribution in [0.3, 0.4) is 0 Å². The Kier molecular flexibility index (Phi) is 5.43. The second kappa shape index (κ2) is 8.54. The first-order chi connectivity index (χ1) is 15.6. The van der Waals surface area contributed by atoms with Crippen molar-refractivity contribution in [2.75, 3.05) is 13.1 Å². The zero-order valence-corrected chi connectivity index (χ0v) is 18.0. The highest BCUT2D eigenvalue weighted by molar-refractivity contribution is 6.06. The number of hydrogen-bond acceptors (Lipinski definition) is 3. The van der Waals surface area contributed by atoms with E-state index in [1.54, 1.807) is 42.2 Å². The minimum atomic E-state index is -0.360. The number of halogens is 1. The largest absolute Gasteiger partial charge is 0.339 e. The third-order valence-electron chi connectivity index (χ3n) is 6.35. The van der Waals surface area contributed by atoms with E-state index in [4.69, 9.17) is 0 Å². The van der Waals surface area contributed by atoms with Crippen LogP contribution in [-0.2, 0) is 13.5 Å². The van der Waals surface area contributed by atoms with Gasteiger partial charge >= 0.3 is 0 Å². The minimum Gasteiger partial charge on any atom is -0.339 e. The summed E-state index contributed by atoms with van der Waals surface area (Å²) in [6.07, 6.45) is 4.66. The van der Waals surface area contributed by atoms with Gasteiger partial charge in [-0.05, 0) is 48.9 Å². The fourth-order valence-corrected chi connectivity index (χ4v) is 4.56. The molecule has 5 rings (SSSR count). The Hall–Kier alpha value is -3.54. The maximum Gasteiger partial charge on any atom is 0.254 e. The lowest BCUT2D eigenvalue weighted by Crippen LogP contribution is -2.39. The standard InChI is InChI=1S/C26H25FN4O/c1-30-25-22(17-28-30)21(16-24(29-25)20-9-5-6-10-23(20)27)26(32)31-13-11-19(12-14-31)15-18-7-3-2-4-8-18/h2-10,16-17,19H,11-15H2,1H3. The topological polar surface area (TPSA) is 51.0 Å². The van der Waals surface area contributed by atoms with E-state index in [2.05, 4.69) is 34.3 Å². The van der Waals surface area contributed by atoms with Gasteiger partial charge in [-0.1, -0.05) is 42.5 Å². The van der Waals surface area contributed by atoms with E-state index in [-0.39, 0.29) is 11.7 Å². The number of likely N-dealkylation sites (tertiary alicyclic amines) is 1. The molecule has 0 saturated carbocycles. The molecule has 0 spiro atoms. The van der Waals surface area contributed by atoms with Crippen molar-refractivity contribution >= 4 is 16.9 Å². The molecule has 1 aliphatic heterocycles. The van der Waals surface area contributed by atoms with Crippen molar-refractivity contribution in [2.24, 2.45) is 13.0 Å². The summed E-state index contributed by atoms with van der Waals surface area (Å²) >= 11 is 0. The number of amides is 1. The van der Waals surface area contributed by atoms with Gasteiger partial charge in [0.05, 0.1) is 22.8 Å². The molecule has 6 heteroatoms. The van der Waals surface area contributed by atoms with Crippen LogP contribution < -0.4 is 0 Å². The summed E-state index contributed by atoms with van der Waals surface area (Å²) < 4.78 is 16.1. The summed E-state index contributed by atoms with van der Waals surface area (Å²) in [4.78, 5) is 20.0. The van der Waals surface area contributed by atoms with E-state index in [9.17, 15) is 9.18 Å². The first-order valence-electron chi connectivity index (χ1n) is 11.0. The Morgan fingerprint density at radius 3 is 2.53 bits per heavy atom. The number of hydrogen-bond donors (Lipinski definition) is 0. The highest BCUT2D eigenvalue weighted by Gasteiger charge is 2.26.